The number of aldehydes is 1. The second kappa shape index (κ2) is 5.69. The molecule has 0 aliphatic carbocycles. The molecule has 1 aromatic heterocycles. The molecule has 0 saturated heterocycles. The summed E-state index contributed by atoms with van der Waals surface area (Å²) in [5, 5.41) is 0.903. The zero-order chi connectivity index (χ0) is 15.6. The number of hydrogen-bond donors (Lipinski definition) is 1. The van der Waals surface area contributed by atoms with Gasteiger partial charge in [0, 0.05) is 11.6 Å². The number of para-hydroxylation sites is 1. The van der Waals surface area contributed by atoms with Crippen LogP contribution in [0.25, 0.3) is 10.9 Å². The molecule has 1 unspecified atom stereocenters. The summed E-state index contributed by atoms with van der Waals surface area (Å²) >= 11 is 0. The van der Waals surface area contributed by atoms with E-state index in [1.807, 2.05) is 45.0 Å². The molecular formula is C16H20N2O3. The van der Waals surface area contributed by atoms with Gasteiger partial charge in [-0.2, -0.15) is 0 Å². The number of carbonyl (C=O) groups excluding carboxylic acids is 2. The second-order valence-electron chi connectivity index (χ2n) is 6.03. The molecule has 0 radical (unpaired) electrons. The van der Waals surface area contributed by atoms with Crippen molar-refractivity contribution in [2.24, 2.45) is 5.73 Å². The SMILES string of the molecule is CC(C)(C)OC(=O)n1cc(CC(N)C=O)c2ccccc21. The van der Waals surface area contributed by atoms with Crippen LogP contribution in [-0.4, -0.2) is 28.6 Å². The van der Waals surface area contributed by atoms with E-state index in [0.717, 1.165) is 16.5 Å². The molecule has 0 aliphatic rings. The number of fused-ring (bicyclic) bond motifs is 1. The summed E-state index contributed by atoms with van der Waals surface area (Å²) in [6.45, 7) is 5.46. The predicted octanol–water partition coefficient (Wildman–Crippen LogP) is 2.49. The Morgan fingerprint density at radius 3 is 2.67 bits per heavy atom. The molecule has 5 nitrogen and oxygen atoms in total. The maximum absolute atomic E-state index is 12.3. The van der Waals surface area contributed by atoms with Gasteiger partial charge in [0.1, 0.15) is 11.9 Å². The minimum atomic E-state index is -0.581. The molecule has 0 fully saturated rings. The summed E-state index contributed by atoms with van der Waals surface area (Å²) in [7, 11) is 0. The number of aromatic nitrogens is 1. The molecule has 1 heterocycles. The van der Waals surface area contributed by atoms with Crippen molar-refractivity contribution >= 4 is 23.3 Å². The first-order valence-electron chi connectivity index (χ1n) is 6.85. The van der Waals surface area contributed by atoms with Crippen molar-refractivity contribution in [1.82, 2.24) is 4.57 Å². The fourth-order valence-electron chi connectivity index (χ4n) is 2.18. The Morgan fingerprint density at radius 1 is 1.38 bits per heavy atom. The number of benzene rings is 1. The first-order valence-corrected chi connectivity index (χ1v) is 6.85. The van der Waals surface area contributed by atoms with E-state index in [9.17, 15) is 9.59 Å². The lowest BCUT2D eigenvalue weighted by molar-refractivity contribution is -0.108. The Balaban J connectivity index is 2.45. The van der Waals surface area contributed by atoms with E-state index in [4.69, 9.17) is 10.5 Å². The van der Waals surface area contributed by atoms with Crippen LogP contribution in [0, 0.1) is 0 Å². The van der Waals surface area contributed by atoms with Gasteiger partial charge in [-0.05, 0) is 38.8 Å². The van der Waals surface area contributed by atoms with E-state index in [2.05, 4.69) is 0 Å². The van der Waals surface area contributed by atoms with Crippen LogP contribution in [0.5, 0.6) is 0 Å². The summed E-state index contributed by atoms with van der Waals surface area (Å²) in [6, 6.07) is 6.91. The highest BCUT2D eigenvalue weighted by Crippen LogP contribution is 2.23. The number of nitrogens with two attached hydrogens (primary N) is 1. The predicted molar refractivity (Wildman–Crippen MR) is 81.3 cm³/mol. The van der Waals surface area contributed by atoms with Gasteiger partial charge in [0.25, 0.3) is 0 Å². The van der Waals surface area contributed by atoms with Crippen molar-refractivity contribution < 1.29 is 14.3 Å². The average Bonchev–Trinajstić information content (AvgIpc) is 2.76. The molecular weight excluding hydrogens is 268 g/mol. The zero-order valence-electron chi connectivity index (χ0n) is 12.5. The van der Waals surface area contributed by atoms with Crippen LogP contribution in [0.3, 0.4) is 0 Å². The van der Waals surface area contributed by atoms with E-state index in [-0.39, 0.29) is 0 Å². The summed E-state index contributed by atoms with van der Waals surface area (Å²) in [5.74, 6) is 0. The third kappa shape index (κ3) is 3.49. The van der Waals surface area contributed by atoms with Gasteiger partial charge in [0.2, 0.25) is 0 Å². The molecule has 112 valence electrons. The molecule has 2 N–H and O–H groups in total. The lowest BCUT2D eigenvalue weighted by Crippen LogP contribution is -2.27. The molecule has 5 heteroatoms. The van der Waals surface area contributed by atoms with Crippen LogP contribution in [0.4, 0.5) is 4.79 Å². The first-order chi connectivity index (χ1) is 9.81. The average molecular weight is 288 g/mol. The van der Waals surface area contributed by atoms with E-state index in [1.165, 1.54) is 4.57 Å². The van der Waals surface area contributed by atoms with Crippen LogP contribution in [0.2, 0.25) is 0 Å². The Hall–Kier alpha value is -2.14. The minimum absolute atomic E-state index is 0.389. The van der Waals surface area contributed by atoms with Crippen LogP contribution >= 0.6 is 0 Å². The fraction of sp³-hybridized carbons (Fsp3) is 0.375. The summed E-state index contributed by atoms with van der Waals surface area (Å²) in [4.78, 5) is 23.0. The third-order valence-electron chi connectivity index (χ3n) is 3.02. The molecule has 0 aliphatic heterocycles. The standard InChI is InChI=1S/C16H20N2O3/c1-16(2,3)21-15(20)18-9-11(8-12(17)10-19)13-6-4-5-7-14(13)18/h4-7,9-10,12H,8,17H2,1-3H3. The molecule has 0 bridgehead atoms. The molecule has 1 atom stereocenters. The number of nitrogens with zero attached hydrogens (tertiary/aromatic N) is 1. The van der Waals surface area contributed by atoms with Crippen molar-refractivity contribution in [3.8, 4) is 0 Å². The largest absolute Gasteiger partial charge is 0.443 e. The molecule has 2 rings (SSSR count). The third-order valence-corrected chi connectivity index (χ3v) is 3.02. The monoisotopic (exact) mass is 288 g/mol. The maximum atomic E-state index is 12.3. The van der Waals surface area contributed by atoms with Crippen LogP contribution in [0.15, 0.2) is 30.5 Å². The van der Waals surface area contributed by atoms with Crippen molar-refractivity contribution in [3.05, 3.63) is 36.0 Å². The number of carbonyl (C=O) groups is 2. The minimum Gasteiger partial charge on any atom is -0.443 e. The van der Waals surface area contributed by atoms with Crippen molar-refractivity contribution in [3.63, 3.8) is 0 Å². The normalized spacial score (nSPS) is 13.1. The summed E-state index contributed by atoms with van der Waals surface area (Å²) in [5.41, 5.74) is 6.73. The molecule has 21 heavy (non-hydrogen) atoms. The van der Waals surface area contributed by atoms with Gasteiger partial charge in [-0.15, -0.1) is 0 Å². The quantitative estimate of drug-likeness (QED) is 0.881. The number of hydrogen-bond acceptors (Lipinski definition) is 4. The van der Waals surface area contributed by atoms with E-state index >= 15 is 0 Å². The van der Waals surface area contributed by atoms with Gasteiger partial charge in [0.15, 0.2) is 0 Å². The van der Waals surface area contributed by atoms with Gasteiger partial charge < -0.3 is 15.3 Å². The van der Waals surface area contributed by atoms with E-state index < -0.39 is 17.7 Å². The van der Waals surface area contributed by atoms with E-state index in [1.54, 1.807) is 6.20 Å². The van der Waals surface area contributed by atoms with E-state index in [0.29, 0.717) is 12.7 Å². The number of ether oxygens (including phenoxy) is 1. The highest BCUT2D eigenvalue weighted by Gasteiger charge is 2.21. The Kier molecular flexibility index (Phi) is 4.14. The van der Waals surface area contributed by atoms with Gasteiger partial charge in [-0.25, -0.2) is 4.79 Å². The van der Waals surface area contributed by atoms with Crippen molar-refractivity contribution in [1.29, 1.82) is 0 Å². The van der Waals surface area contributed by atoms with Gasteiger partial charge >= 0.3 is 6.09 Å². The Labute approximate surface area is 123 Å². The highest BCUT2D eigenvalue weighted by atomic mass is 16.6. The molecule has 0 saturated carbocycles. The van der Waals surface area contributed by atoms with Gasteiger partial charge in [0.05, 0.1) is 11.6 Å². The summed E-state index contributed by atoms with van der Waals surface area (Å²) < 4.78 is 6.87. The topological polar surface area (TPSA) is 74.3 Å². The van der Waals surface area contributed by atoms with Gasteiger partial charge in [-0.3, -0.25) is 4.57 Å². The smallest absolute Gasteiger partial charge is 0.419 e. The molecule has 1 aromatic carbocycles. The second-order valence-corrected chi connectivity index (χ2v) is 6.03. The first kappa shape index (κ1) is 15.3. The number of rotatable bonds is 3. The van der Waals surface area contributed by atoms with Crippen LogP contribution in [-0.2, 0) is 16.0 Å². The zero-order valence-corrected chi connectivity index (χ0v) is 12.5. The Bertz CT molecular complexity index is 668. The van der Waals surface area contributed by atoms with Crippen LogP contribution < -0.4 is 5.73 Å². The maximum Gasteiger partial charge on any atom is 0.419 e. The lowest BCUT2D eigenvalue weighted by Gasteiger charge is -2.19. The van der Waals surface area contributed by atoms with Gasteiger partial charge in [-0.1, -0.05) is 18.2 Å². The Morgan fingerprint density at radius 2 is 2.05 bits per heavy atom. The van der Waals surface area contributed by atoms with Crippen molar-refractivity contribution in [2.45, 2.75) is 38.8 Å². The highest BCUT2D eigenvalue weighted by molar-refractivity contribution is 5.92. The fourth-order valence-corrected chi connectivity index (χ4v) is 2.18. The summed E-state index contributed by atoms with van der Waals surface area (Å²) in [6.07, 6.45) is 2.35. The van der Waals surface area contributed by atoms with Crippen molar-refractivity contribution in [2.75, 3.05) is 0 Å². The molecule has 0 spiro atoms. The molecule has 2 aromatic rings. The lowest BCUT2D eigenvalue weighted by atomic mass is 10.1. The van der Waals surface area contributed by atoms with Crippen LogP contribution in [0.1, 0.15) is 26.3 Å². The molecule has 0 amide bonds.